The second-order valence-electron chi connectivity index (χ2n) is 6.03. The van der Waals surface area contributed by atoms with Gasteiger partial charge in [-0.05, 0) is 42.3 Å². The zero-order valence-corrected chi connectivity index (χ0v) is 15.1. The van der Waals surface area contributed by atoms with E-state index in [0.29, 0.717) is 18.1 Å². The molecule has 0 aliphatic heterocycles. The van der Waals surface area contributed by atoms with Gasteiger partial charge in [0, 0.05) is 0 Å². The van der Waals surface area contributed by atoms with Crippen molar-refractivity contribution < 1.29 is 14.3 Å². The van der Waals surface area contributed by atoms with Gasteiger partial charge in [-0.15, -0.1) is 0 Å². The third-order valence-electron chi connectivity index (χ3n) is 4.18. The molecule has 0 aromatic heterocycles. The van der Waals surface area contributed by atoms with Crippen molar-refractivity contribution >= 4 is 16.7 Å². The monoisotopic (exact) mass is 349 g/mol. The van der Waals surface area contributed by atoms with Crippen LogP contribution in [0.4, 0.5) is 0 Å². The maximum absolute atomic E-state index is 12.3. The van der Waals surface area contributed by atoms with Gasteiger partial charge >= 0.3 is 0 Å². The first-order valence-electron chi connectivity index (χ1n) is 8.80. The predicted octanol–water partition coefficient (Wildman–Crippen LogP) is 4.49. The molecule has 0 spiro atoms. The molecule has 26 heavy (non-hydrogen) atoms. The summed E-state index contributed by atoms with van der Waals surface area (Å²) in [5.74, 6) is 1.05. The van der Waals surface area contributed by atoms with E-state index in [0.717, 1.165) is 16.3 Å². The molecular weight excluding hydrogens is 326 g/mol. The van der Waals surface area contributed by atoms with Crippen LogP contribution in [-0.2, 0) is 4.79 Å². The van der Waals surface area contributed by atoms with E-state index in [4.69, 9.17) is 9.47 Å². The molecule has 0 fully saturated rings. The summed E-state index contributed by atoms with van der Waals surface area (Å²) < 4.78 is 11.1. The standard InChI is InChI=1S/C22H23NO3/c1-3-25-20-13-6-7-14-21(20)26-15-22(24)23-16(2)18-12-8-10-17-9-4-5-11-19(17)18/h4-14,16H,3,15H2,1-2H3,(H,23,24). The fourth-order valence-corrected chi connectivity index (χ4v) is 2.98. The molecular formula is C22H23NO3. The van der Waals surface area contributed by atoms with Gasteiger partial charge in [-0.1, -0.05) is 54.6 Å². The van der Waals surface area contributed by atoms with Gasteiger partial charge in [0.2, 0.25) is 0 Å². The lowest BCUT2D eigenvalue weighted by Gasteiger charge is -2.17. The van der Waals surface area contributed by atoms with Crippen LogP contribution in [0.1, 0.15) is 25.5 Å². The second kappa shape index (κ2) is 8.39. The lowest BCUT2D eigenvalue weighted by molar-refractivity contribution is -0.123. The number of hydrogen-bond donors (Lipinski definition) is 1. The molecule has 0 saturated heterocycles. The molecule has 0 bridgehead atoms. The fraction of sp³-hybridized carbons (Fsp3) is 0.227. The zero-order valence-electron chi connectivity index (χ0n) is 15.1. The first kappa shape index (κ1) is 17.8. The van der Waals surface area contributed by atoms with Gasteiger partial charge in [0.15, 0.2) is 18.1 Å². The third-order valence-corrected chi connectivity index (χ3v) is 4.18. The van der Waals surface area contributed by atoms with E-state index < -0.39 is 0 Å². The van der Waals surface area contributed by atoms with Gasteiger partial charge in [-0.3, -0.25) is 4.79 Å². The van der Waals surface area contributed by atoms with Crippen molar-refractivity contribution in [3.63, 3.8) is 0 Å². The number of rotatable bonds is 7. The van der Waals surface area contributed by atoms with Crippen LogP contribution in [0.25, 0.3) is 10.8 Å². The molecule has 0 saturated carbocycles. The summed E-state index contributed by atoms with van der Waals surface area (Å²) >= 11 is 0. The zero-order chi connectivity index (χ0) is 18.4. The Hall–Kier alpha value is -3.01. The van der Waals surface area contributed by atoms with E-state index in [-0.39, 0.29) is 18.6 Å². The van der Waals surface area contributed by atoms with Crippen molar-refractivity contribution in [2.45, 2.75) is 19.9 Å². The van der Waals surface area contributed by atoms with Gasteiger partial charge in [0.1, 0.15) is 0 Å². The van der Waals surface area contributed by atoms with Crippen LogP contribution in [0, 0.1) is 0 Å². The summed E-state index contributed by atoms with van der Waals surface area (Å²) in [6, 6.07) is 21.5. The Morgan fingerprint density at radius 1 is 0.923 bits per heavy atom. The summed E-state index contributed by atoms with van der Waals surface area (Å²) in [6.07, 6.45) is 0. The van der Waals surface area contributed by atoms with Crippen LogP contribution in [0.3, 0.4) is 0 Å². The molecule has 134 valence electrons. The van der Waals surface area contributed by atoms with Gasteiger partial charge in [-0.2, -0.15) is 0 Å². The molecule has 4 nitrogen and oxygen atoms in total. The quantitative estimate of drug-likeness (QED) is 0.683. The maximum atomic E-state index is 12.3. The molecule has 1 amide bonds. The molecule has 3 rings (SSSR count). The van der Waals surface area contributed by atoms with Gasteiger partial charge in [-0.25, -0.2) is 0 Å². The first-order chi connectivity index (χ1) is 12.7. The molecule has 3 aromatic rings. The molecule has 0 aliphatic carbocycles. The largest absolute Gasteiger partial charge is 0.490 e. The van der Waals surface area contributed by atoms with Crippen molar-refractivity contribution in [1.29, 1.82) is 0 Å². The summed E-state index contributed by atoms with van der Waals surface area (Å²) in [5, 5.41) is 5.31. The van der Waals surface area contributed by atoms with Gasteiger partial charge in [0.25, 0.3) is 5.91 Å². The topological polar surface area (TPSA) is 47.6 Å². The van der Waals surface area contributed by atoms with Crippen LogP contribution in [0.15, 0.2) is 66.7 Å². The molecule has 0 heterocycles. The Kier molecular flexibility index (Phi) is 5.74. The molecule has 0 aliphatic rings. The molecule has 3 aromatic carbocycles. The minimum absolute atomic E-state index is 0.0564. The van der Waals surface area contributed by atoms with E-state index in [1.54, 1.807) is 6.07 Å². The SMILES string of the molecule is CCOc1ccccc1OCC(=O)NC(C)c1cccc2ccccc12. The minimum atomic E-state index is -0.170. The fourth-order valence-electron chi connectivity index (χ4n) is 2.98. The Morgan fingerprint density at radius 3 is 2.35 bits per heavy atom. The van der Waals surface area contributed by atoms with Crippen molar-refractivity contribution in [3.05, 3.63) is 72.3 Å². The molecule has 1 N–H and O–H groups in total. The van der Waals surface area contributed by atoms with Crippen molar-refractivity contribution in [2.75, 3.05) is 13.2 Å². The number of carbonyl (C=O) groups excluding carboxylic acids is 1. The highest BCUT2D eigenvalue weighted by atomic mass is 16.5. The average molecular weight is 349 g/mol. The second-order valence-corrected chi connectivity index (χ2v) is 6.03. The molecule has 0 radical (unpaired) electrons. The lowest BCUT2D eigenvalue weighted by Crippen LogP contribution is -2.31. The maximum Gasteiger partial charge on any atom is 0.258 e. The summed E-state index contributed by atoms with van der Waals surface area (Å²) in [4.78, 5) is 12.3. The molecule has 1 unspecified atom stereocenters. The van der Waals surface area contributed by atoms with Crippen LogP contribution < -0.4 is 14.8 Å². The smallest absolute Gasteiger partial charge is 0.258 e. The highest BCUT2D eigenvalue weighted by Gasteiger charge is 2.13. The van der Waals surface area contributed by atoms with Crippen molar-refractivity contribution in [1.82, 2.24) is 5.32 Å². The number of benzene rings is 3. The number of para-hydroxylation sites is 2. The molecule has 4 heteroatoms. The normalized spacial score (nSPS) is 11.8. The number of hydrogen-bond acceptors (Lipinski definition) is 3. The summed E-state index contributed by atoms with van der Waals surface area (Å²) in [5.41, 5.74) is 1.09. The van der Waals surface area contributed by atoms with Crippen LogP contribution >= 0.6 is 0 Å². The van der Waals surface area contributed by atoms with Crippen LogP contribution in [-0.4, -0.2) is 19.1 Å². The highest BCUT2D eigenvalue weighted by Crippen LogP contribution is 2.26. The van der Waals surface area contributed by atoms with Crippen LogP contribution in [0.5, 0.6) is 11.5 Å². The highest BCUT2D eigenvalue weighted by molar-refractivity contribution is 5.87. The number of nitrogens with one attached hydrogen (secondary N) is 1. The number of fused-ring (bicyclic) bond motifs is 1. The van der Waals surface area contributed by atoms with Crippen molar-refractivity contribution in [3.8, 4) is 11.5 Å². The van der Waals surface area contributed by atoms with E-state index in [1.165, 1.54) is 0 Å². The Bertz CT molecular complexity index is 886. The third kappa shape index (κ3) is 4.14. The summed E-state index contributed by atoms with van der Waals surface area (Å²) in [6.45, 7) is 4.38. The average Bonchev–Trinajstić information content (AvgIpc) is 2.67. The Morgan fingerprint density at radius 2 is 1.58 bits per heavy atom. The Balaban J connectivity index is 1.65. The number of amides is 1. The van der Waals surface area contributed by atoms with Gasteiger partial charge in [0.05, 0.1) is 12.6 Å². The van der Waals surface area contributed by atoms with E-state index in [1.807, 2.05) is 56.3 Å². The van der Waals surface area contributed by atoms with Crippen molar-refractivity contribution in [2.24, 2.45) is 0 Å². The number of ether oxygens (including phenoxy) is 2. The first-order valence-corrected chi connectivity index (χ1v) is 8.80. The predicted molar refractivity (Wildman–Crippen MR) is 104 cm³/mol. The minimum Gasteiger partial charge on any atom is -0.490 e. The van der Waals surface area contributed by atoms with Gasteiger partial charge < -0.3 is 14.8 Å². The summed E-state index contributed by atoms with van der Waals surface area (Å²) in [7, 11) is 0. The van der Waals surface area contributed by atoms with Crippen LogP contribution in [0.2, 0.25) is 0 Å². The molecule has 1 atom stereocenters. The van der Waals surface area contributed by atoms with E-state index in [9.17, 15) is 4.79 Å². The lowest BCUT2D eigenvalue weighted by atomic mass is 10.00. The number of carbonyl (C=O) groups is 1. The van der Waals surface area contributed by atoms with E-state index in [2.05, 4.69) is 23.5 Å². The Labute approximate surface area is 153 Å². The van der Waals surface area contributed by atoms with E-state index >= 15 is 0 Å².